The Bertz CT molecular complexity index is 605. The van der Waals surface area contributed by atoms with Crippen molar-refractivity contribution in [3.8, 4) is 0 Å². The predicted molar refractivity (Wildman–Crippen MR) is 105 cm³/mol. The summed E-state index contributed by atoms with van der Waals surface area (Å²) in [5, 5.41) is 0. The Morgan fingerprint density at radius 2 is 2.15 bits per heavy atom. The minimum Gasteiger partial charge on any atom is -0.376 e. The summed E-state index contributed by atoms with van der Waals surface area (Å²) in [5.41, 5.74) is 3.58. The van der Waals surface area contributed by atoms with Gasteiger partial charge in [-0.1, -0.05) is 42.5 Å². The summed E-state index contributed by atoms with van der Waals surface area (Å²) in [7, 11) is 0. The smallest absolute Gasteiger partial charge is 0.210 e. The third-order valence-corrected chi connectivity index (χ3v) is 4.83. The van der Waals surface area contributed by atoms with Crippen LogP contribution in [-0.4, -0.2) is 43.3 Å². The highest BCUT2D eigenvalue weighted by Crippen LogP contribution is 2.32. The van der Waals surface area contributed by atoms with Crippen LogP contribution >= 0.6 is 0 Å². The first-order chi connectivity index (χ1) is 12.6. The van der Waals surface area contributed by atoms with Crippen LogP contribution < -0.4 is 0 Å². The molecule has 3 atom stereocenters. The first-order valence-electron chi connectivity index (χ1n) is 9.35. The van der Waals surface area contributed by atoms with Gasteiger partial charge in [0.25, 0.3) is 0 Å². The van der Waals surface area contributed by atoms with Gasteiger partial charge in [0, 0.05) is 6.54 Å². The van der Waals surface area contributed by atoms with Gasteiger partial charge in [0.1, 0.15) is 0 Å². The van der Waals surface area contributed by atoms with Crippen molar-refractivity contribution in [3.63, 3.8) is 0 Å². The fourth-order valence-corrected chi connectivity index (χ4v) is 3.44. The molecule has 2 heterocycles. The molecule has 26 heavy (non-hydrogen) atoms. The van der Waals surface area contributed by atoms with E-state index in [0.29, 0.717) is 18.8 Å². The average Bonchev–Trinajstić information content (AvgIpc) is 2.67. The van der Waals surface area contributed by atoms with Crippen LogP contribution in [0.5, 0.6) is 0 Å². The number of ether oxygens (including phenoxy) is 2. The van der Waals surface area contributed by atoms with Crippen molar-refractivity contribution in [2.24, 2.45) is 0 Å². The van der Waals surface area contributed by atoms with Crippen LogP contribution in [0.1, 0.15) is 43.9 Å². The van der Waals surface area contributed by atoms with E-state index in [1.165, 1.54) is 11.1 Å². The Kier molecular flexibility index (Phi) is 8.07. The van der Waals surface area contributed by atoms with Gasteiger partial charge in [-0.05, 0) is 44.2 Å². The van der Waals surface area contributed by atoms with Gasteiger partial charge < -0.3 is 14.4 Å². The van der Waals surface area contributed by atoms with Gasteiger partial charge in [-0.3, -0.25) is 4.79 Å². The number of fused-ring (bicyclic) bond motifs is 1. The second-order valence-electron chi connectivity index (χ2n) is 7.01. The highest BCUT2D eigenvalue weighted by Gasteiger charge is 2.26. The van der Waals surface area contributed by atoms with Crippen LogP contribution in [0.15, 0.2) is 49.1 Å². The van der Waals surface area contributed by atoms with Crippen molar-refractivity contribution in [1.82, 2.24) is 4.90 Å². The molecule has 1 saturated heterocycles. The summed E-state index contributed by atoms with van der Waals surface area (Å²) in [6.07, 6.45) is 6.59. The molecule has 0 aromatic heterocycles. The summed E-state index contributed by atoms with van der Waals surface area (Å²) in [5.74, 6) is 0. The van der Waals surface area contributed by atoms with Gasteiger partial charge in [-0.2, -0.15) is 0 Å². The second-order valence-corrected chi connectivity index (χ2v) is 7.01. The predicted octanol–water partition coefficient (Wildman–Crippen LogP) is 4.07. The van der Waals surface area contributed by atoms with E-state index in [2.05, 4.69) is 32.2 Å². The van der Waals surface area contributed by atoms with Crippen LogP contribution in [0.4, 0.5) is 0 Å². The largest absolute Gasteiger partial charge is 0.376 e. The fourth-order valence-electron chi connectivity index (χ4n) is 3.44. The normalized spacial score (nSPS) is 24.7. The molecule has 0 radical (unpaired) electrons. The maximum Gasteiger partial charge on any atom is 0.210 e. The molecular formula is C22H31NO3. The van der Waals surface area contributed by atoms with Crippen molar-refractivity contribution in [1.29, 1.82) is 0 Å². The SMILES string of the molecule is C=C(C)[C@H]1c2ccccc2CCN1C=O.C=CCOC1CCC(C)OC1. The molecule has 0 aliphatic carbocycles. The van der Waals surface area contributed by atoms with Gasteiger partial charge in [-0.25, -0.2) is 0 Å². The quantitative estimate of drug-likeness (QED) is 0.589. The number of benzene rings is 1. The molecule has 0 spiro atoms. The van der Waals surface area contributed by atoms with Gasteiger partial charge in [0.2, 0.25) is 6.41 Å². The van der Waals surface area contributed by atoms with Crippen molar-refractivity contribution in [2.75, 3.05) is 19.8 Å². The van der Waals surface area contributed by atoms with Crippen LogP contribution in [0.2, 0.25) is 0 Å². The summed E-state index contributed by atoms with van der Waals surface area (Å²) in [6, 6.07) is 8.35. The van der Waals surface area contributed by atoms with Crippen molar-refractivity contribution in [3.05, 3.63) is 60.2 Å². The molecule has 0 bridgehead atoms. The van der Waals surface area contributed by atoms with E-state index < -0.39 is 0 Å². The van der Waals surface area contributed by atoms with Gasteiger partial charge in [-0.15, -0.1) is 6.58 Å². The molecule has 0 saturated carbocycles. The number of hydrogen-bond donors (Lipinski definition) is 0. The Balaban J connectivity index is 0.000000197. The van der Waals surface area contributed by atoms with E-state index in [-0.39, 0.29) is 6.04 Å². The zero-order valence-corrected chi connectivity index (χ0v) is 16.0. The lowest BCUT2D eigenvalue weighted by atomic mass is 9.89. The maximum atomic E-state index is 11.0. The summed E-state index contributed by atoms with van der Waals surface area (Å²) < 4.78 is 10.9. The molecule has 1 fully saturated rings. The molecule has 2 aliphatic rings. The van der Waals surface area contributed by atoms with E-state index in [4.69, 9.17) is 9.47 Å². The lowest BCUT2D eigenvalue weighted by Gasteiger charge is -2.35. The maximum absolute atomic E-state index is 11.0. The van der Waals surface area contributed by atoms with Gasteiger partial charge in [0.05, 0.1) is 31.5 Å². The molecule has 2 unspecified atom stereocenters. The van der Waals surface area contributed by atoms with Crippen molar-refractivity contribution in [2.45, 2.75) is 51.4 Å². The Morgan fingerprint density at radius 1 is 1.38 bits per heavy atom. The monoisotopic (exact) mass is 357 g/mol. The van der Waals surface area contributed by atoms with Crippen molar-refractivity contribution < 1.29 is 14.3 Å². The zero-order valence-electron chi connectivity index (χ0n) is 16.0. The highest BCUT2D eigenvalue weighted by atomic mass is 16.5. The van der Waals surface area contributed by atoms with Crippen LogP contribution in [0, 0.1) is 0 Å². The molecule has 1 aromatic rings. The van der Waals surface area contributed by atoms with E-state index in [1.54, 1.807) is 6.08 Å². The Morgan fingerprint density at radius 3 is 2.77 bits per heavy atom. The zero-order chi connectivity index (χ0) is 18.9. The molecule has 2 aliphatic heterocycles. The minimum atomic E-state index is 0.0625. The number of hydrogen-bond acceptors (Lipinski definition) is 3. The van der Waals surface area contributed by atoms with E-state index in [1.807, 2.05) is 24.0 Å². The number of rotatable bonds is 5. The van der Waals surface area contributed by atoms with Crippen LogP contribution in [0.25, 0.3) is 0 Å². The Hall–Kier alpha value is -1.91. The number of carbonyl (C=O) groups excluding carboxylic acids is 1. The highest BCUT2D eigenvalue weighted by molar-refractivity contribution is 5.53. The van der Waals surface area contributed by atoms with Gasteiger partial charge in [0.15, 0.2) is 0 Å². The molecule has 4 heteroatoms. The summed E-state index contributed by atoms with van der Waals surface area (Å²) in [6.45, 7) is 13.8. The first-order valence-corrected chi connectivity index (χ1v) is 9.35. The molecule has 0 N–H and O–H groups in total. The fraction of sp³-hybridized carbons (Fsp3) is 0.500. The minimum absolute atomic E-state index is 0.0625. The van der Waals surface area contributed by atoms with E-state index in [9.17, 15) is 4.79 Å². The van der Waals surface area contributed by atoms with E-state index >= 15 is 0 Å². The first kappa shape index (κ1) is 20.4. The summed E-state index contributed by atoms with van der Waals surface area (Å²) >= 11 is 0. The number of amides is 1. The van der Waals surface area contributed by atoms with Crippen molar-refractivity contribution >= 4 is 6.41 Å². The number of nitrogens with zero attached hydrogens (tertiary/aromatic N) is 1. The third kappa shape index (κ3) is 5.55. The molecule has 3 rings (SSSR count). The van der Waals surface area contributed by atoms with Crippen LogP contribution in [-0.2, 0) is 20.7 Å². The number of carbonyl (C=O) groups is 1. The molecule has 142 valence electrons. The molecular weight excluding hydrogens is 326 g/mol. The van der Waals surface area contributed by atoms with Crippen LogP contribution in [0.3, 0.4) is 0 Å². The standard InChI is InChI=1S/C13H15NO.C9H16O2/c1-10(2)13-12-6-4-3-5-11(12)7-8-14(13)9-15;1-3-6-10-9-5-4-8(2)11-7-9/h3-6,9,13H,1,7-8H2,2H3;3,8-9H,1,4-7H2,2H3/t13-;/m0./s1. The summed E-state index contributed by atoms with van der Waals surface area (Å²) in [4.78, 5) is 12.8. The molecule has 1 amide bonds. The third-order valence-electron chi connectivity index (χ3n) is 4.83. The topological polar surface area (TPSA) is 38.8 Å². The lowest BCUT2D eigenvalue weighted by Crippen LogP contribution is -2.34. The van der Waals surface area contributed by atoms with E-state index in [0.717, 1.165) is 44.4 Å². The Labute approximate surface area is 157 Å². The average molecular weight is 357 g/mol. The second kappa shape index (κ2) is 10.3. The molecule has 4 nitrogen and oxygen atoms in total. The lowest BCUT2D eigenvalue weighted by molar-refractivity contribution is -0.120. The molecule has 1 aromatic carbocycles. The van der Waals surface area contributed by atoms with Gasteiger partial charge >= 0.3 is 0 Å².